The van der Waals surface area contributed by atoms with Gasteiger partial charge in [0.15, 0.2) is 0 Å². The largest absolute Gasteiger partial charge is 0.694 e. The van der Waals surface area contributed by atoms with Crippen LogP contribution in [0.25, 0.3) is 0 Å². The summed E-state index contributed by atoms with van der Waals surface area (Å²) in [5.41, 5.74) is 0. The second kappa shape index (κ2) is 20.3. The summed E-state index contributed by atoms with van der Waals surface area (Å²) in [6.07, 6.45) is 18.4. The lowest BCUT2D eigenvalue weighted by Gasteiger charge is -2.05. The highest BCUT2D eigenvalue weighted by Gasteiger charge is 2.09. The molecule has 1 N–H and O–H groups in total. The third kappa shape index (κ3) is 24.0. The molecule has 1 unspecified atom stereocenters. The lowest BCUT2D eigenvalue weighted by Crippen LogP contribution is -2.00. The molecule has 0 aliphatic rings. The maximum atomic E-state index is 10.3. The molecule has 25 heavy (non-hydrogen) atoms. The van der Waals surface area contributed by atoms with E-state index in [1.807, 2.05) is 0 Å². The first kappa shape index (κ1) is 25.0. The van der Waals surface area contributed by atoms with Gasteiger partial charge < -0.3 is 4.74 Å². The van der Waals surface area contributed by atoms with Crippen molar-refractivity contribution in [3.63, 3.8) is 0 Å². The summed E-state index contributed by atoms with van der Waals surface area (Å²) >= 11 is 0. The van der Waals surface area contributed by atoms with Gasteiger partial charge in [0.25, 0.3) is 0 Å². The van der Waals surface area contributed by atoms with Crippen LogP contribution in [0.1, 0.15) is 104 Å². The molecule has 0 aliphatic carbocycles. The number of unbranched alkanes of at least 4 members (excludes halogenated alkanes) is 11. The van der Waals surface area contributed by atoms with E-state index >= 15 is 0 Å². The van der Waals surface area contributed by atoms with Crippen molar-refractivity contribution < 1.29 is 18.7 Å². The maximum Gasteiger partial charge on any atom is 0.694 e. The molecule has 4 nitrogen and oxygen atoms in total. The Balaban J connectivity index is 2.99. The van der Waals surface area contributed by atoms with E-state index < -0.39 is 8.25 Å². The van der Waals surface area contributed by atoms with Crippen molar-refractivity contribution in [2.75, 3.05) is 19.8 Å². The Kier molecular flexibility index (Phi) is 20.3. The first-order valence-corrected chi connectivity index (χ1v) is 11.6. The summed E-state index contributed by atoms with van der Waals surface area (Å²) in [5, 5.41) is 0. The van der Waals surface area contributed by atoms with Gasteiger partial charge in [-0.25, -0.2) is 0 Å². The smallest absolute Gasteiger partial charge is 0.381 e. The van der Waals surface area contributed by atoms with Gasteiger partial charge in [-0.3, -0.25) is 0 Å². The summed E-state index contributed by atoms with van der Waals surface area (Å²) in [5.74, 6) is 0.867. The topological polar surface area (TPSA) is 55.8 Å². The van der Waals surface area contributed by atoms with Crippen LogP contribution in [0.4, 0.5) is 0 Å². The van der Waals surface area contributed by atoms with E-state index in [0.29, 0.717) is 19.6 Å². The summed E-state index contributed by atoms with van der Waals surface area (Å²) in [7, 11) is -2.45. The van der Waals surface area contributed by atoms with E-state index in [0.717, 1.165) is 18.9 Å². The van der Waals surface area contributed by atoms with Crippen LogP contribution in [0.3, 0.4) is 0 Å². The molecule has 0 saturated carbocycles. The van der Waals surface area contributed by atoms with Crippen LogP contribution in [0.5, 0.6) is 0 Å². The van der Waals surface area contributed by atoms with Gasteiger partial charge in [-0.15, -0.1) is 9.42 Å². The highest BCUT2D eigenvalue weighted by Crippen LogP contribution is 2.15. The average molecular weight is 378 g/mol. The van der Waals surface area contributed by atoms with Crippen LogP contribution in [-0.2, 0) is 13.8 Å². The number of hydrogen-bond donors (Lipinski definition) is 1. The Morgan fingerprint density at radius 2 is 1.12 bits per heavy atom. The molecule has 0 radical (unpaired) electrons. The molecule has 0 heterocycles. The Hall–Kier alpha value is -0.0200. The molecule has 1 atom stereocenters. The Labute approximate surface area is 157 Å². The summed E-state index contributed by atoms with van der Waals surface area (Å²) in [6, 6.07) is 0. The molecule has 0 amide bonds. The second-order valence-corrected chi connectivity index (χ2v) is 8.20. The lowest BCUT2D eigenvalue weighted by atomic mass is 10.0. The predicted molar refractivity (Wildman–Crippen MR) is 106 cm³/mol. The highest BCUT2D eigenvalue weighted by molar-refractivity contribution is 7.32. The number of ether oxygens (including phenoxy) is 1. The zero-order valence-electron chi connectivity index (χ0n) is 16.7. The van der Waals surface area contributed by atoms with Crippen LogP contribution in [0, 0.1) is 5.92 Å². The second-order valence-electron chi connectivity index (χ2n) is 7.46. The first-order chi connectivity index (χ1) is 12.1. The molecule has 0 aromatic carbocycles. The molecular weight excluding hydrogens is 335 g/mol. The van der Waals surface area contributed by atoms with Gasteiger partial charge in [-0.1, -0.05) is 90.9 Å². The minimum atomic E-state index is -2.45. The monoisotopic (exact) mass is 377 g/mol. The quantitative estimate of drug-likeness (QED) is 0.187. The van der Waals surface area contributed by atoms with E-state index in [-0.39, 0.29) is 0 Å². The molecule has 5 heteroatoms. The molecule has 0 aromatic heterocycles. The third-order valence-corrected chi connectivity index (χ3v) is 4.86. The summed E-state index contributed by atoms with van der Waals surface area (Å²) < 4.78 is 20.3. The van der Waals surface area contributed by atoms with Gasteiger partial charge in [-0.05, 0) is 18.8 Å². The van der Waals surface area contributed by atoms with E-state index in [1.54, 1.807) is 0 Å². The summed E-state index contributed by atoms with van der Waals surface area (Å²) in [4.78, 5) is 8.45. The van der Waals surface area contributed by atoms with Gasteiger partial charge in [0.1, 0.15) is 6.61 Å². The molecule has 0 spiro atoms. The van der Waals surface area contributed by atoms with Crippen LogP contribution in [0.2, 0.25) is 0 Å². The maximum absolute atomic E-state index is 10.3. The molecule has 0 bridgehead atoms. The molecular formula is C20H42O4P+. The molecule has 150 valence electrons. The molecule has 0 fully saturated rings. The Bertz CT molecular complexity index is 285. The fourth-order valence-corrected chi connectivity index (χ4v) is 3.22. The van der Waals surface area contributed by atoms with Crippen molar-refractivity contribution in [2.24, 2.45) is 5.92 Å². The Morgan fingerprint density at radius 3 is 1.60 bits per heavy atom. The average Bonchev–Trinajstić information content (AvgIpc) is 2.56. The van der Waals surface area contributed by atoms with E-state index in [4.69, 9.17) is 9.63 Å². The number of hydrogen-bond acceptors (Lipinski definition) is 3. The first-order valence-electron chi connectivity index (χ1n) is 10.5. The standard InChI is InChI=1S/C20H41O4P/c1-20(2)16-13-11-9-7-5-3-4-6-8-10-12-14-17-23-18-15-19-24-25(21)22/h20H,3-19H2,1-2H3/p+1. The highest BCUT2D eigenvalue weighted by atomic mass is 31.1. The zero-order chi connectivity index (χ0) is 18.6. The fourth-order valence-electron chi connectivity index (χ4n) is 2.93. The third-order valence-electron chi connectivity index (χ3n) is 4.45. The van der Waals surface area contributed by atoms with Crippen molar-refractivity contribution in [1.82, 2.24) is 0 Å². The van der Waals surface area contributed by atoms with Gasteiger partial charge in [0.05, 0.1) is 0 Å². The Morgan fingerprint density at radius 1 is 0.680 bits per heavy atom. The van der Waals surface area contributed by atoms with Crippen molar-refractivity contribution in [2.45, 2.75) is 104 Å². The van der Waals surface area contributed by atoms with Gasteiger partial charge in [-0.2, -0.15) is 0 Å². The zero-order valence-corrected chi connectivity index (χ0v) is 17.6. The van der Waals surface area contributed by atoms with Crippen molar-refractivity contribution in [1.29, 1.82) is 0 Å². The fraction of sp³-hybridized carbons (Fsp3) is 1.00. The molecule has 0 aliphatic heterocycles. The van der Waals surface area contributed by atoms with E-state index in [2.05, 4.69) is 18.4 Å². The van der Waals surface area contributed by atoms with Crippen LogP contribution < -0.4 is 0 Å². The van der Waals surface area contributed by atoms with Crippen LogP contribution >= 0.6 is 8.25 Å². The molecule has 0 saturated heterocycles. The van der Waals surface area contributed by atoms with Gasteiger partial charge in [0.2, 0.25) is 0 Å². The summed E-state index contributed by atoms with van der Waals surface area (Å²) in [6.45, 7) is 6.33. The molecule has 0 aromatic rings. The normalized spacial score (nSPS) is 12.1. The van der Waals surface area contributed by atoms with E-state index in [9.17, 15) is 4.57 Å². The van der Waals surface area contributed by atoms with Crippen molar-refractivity contribution in [3.8, 4) is 0 Å². The number of rotatable bonds is 20. The van der Waals surface area contributed by atoms with Gasteiger partial charge in [0, 0.05) is 17.8 Å². The van der Waals surface area contributed by atoms with Crippen molar-refractivity contribution in [3.05, 3.63) is 0 Å². The van der Waals surface area contributed by atoms with Crippen LogP contribution in [0.15, 0.2) is 0 Å². The lowest BCUT2D eigenvalue weighted by molar-refractivity contribution is 0.115. The minimum absolute atomic E-state index is 0.295. The van der Waals surface area contributed by atoms with Crippen LogP contribution in [-0.4, -0.2) is 24.7 Å². The van der Waals surface area contributed by atoms with Gasteiger partial charge >= 0.3 is 8.25 Å². The van der Waals surface area contributed by atoms with Crippen molar-refractivity contribution >= 4 is 8.25 Å². The SMILES string of the molecule is CC(C)CCCCCCCCCCCCCCOCCCO[P+](=O)O. The minimum Gasteiger partial charge on any atom is -0.381 e. The van der Waals surface area contributed by atoms with E-state index in [1.165, 1.54) is 77.0 Å². The molecule has 0 rings (SSSR count). The predicted octanol–water partition coefficient (Wildman–Crippen LogP) is 6.79.